The molecule has 1 saturated heterocycles. The number of nitrogens with zero attached hydrogens (tertiary/aromatic N) is 3. The maximum atomic E-state index is 5.77. The molecule has 0 spiro atoms. The molecule has 0 aromatic carbocycles. The lowest BCUT2D eigenvalue weighted by molar-refractivity contribution is 0.0364. The number of morpholine rings is 1. The molecule has 0 N–H and O–H groups in total. The molecule has 2 heterocycles. The molecule has 1 aliphatic heterocycles. The molecular formula is C8H12ClN3OS. The first-order chi connectivity index (χ1) is 6.81. The maximum Gasteiger partial charge on any atom is 0.205 e. The molecule has 1 aliphatic rings. The molecule has 0 saturated carbocycles. The van der Waals surface area contributed by atoms with Gasteiger partial charge in [-0.1, -0.05) is 0 Å². The summed E-state index contributed by atoms with van der Waals surface area (Å²) in [5, 5.41) is 0.955. The van der Waals surface area contributed by atoms with Gasteiger partial charge >= 0.3 is 0 Å². The van der Waals surface area contributed by atoms with E-state index < -0.39 is 0 Å². The molecule has 0 aliphatic carbocycles. The van der Waals surface area contributed by atoms with Crippen molar-refractivity contribution in [1.29, 1.82) is 0 Å². The zero-order valence-corrected chi connectivity index (χ0v) is 9.46. The standard InChI is InChI=1S/C8H12ClN3OS/c1-6-4-13-7(2-9)3-12(6)8-10-5-11-14-8/h5-7H,2-4H2,1H3. The van der Waals surface area contributed by atoms with Crippen LogP contribution in [0.5, 0.6) is 0 Å². The number of halogens is 1. The van der Waals surface area contributed by atoms with Gasteiger partial charge in [-0.3, -0.25) is 0 Å². The van der Waals surface area contributed by atoms with Gasteiger partial charge < -0.3 is 9.64 Å². The van der Waals surface area contributed by atoms with Crippen molar-refractivity contribution in [3.8, 4) is 0 Å². The van der Waals surface area contributed by atoms with Crippen molar-refractivity contribution in [2.24, 2.45) is 0 Å². The number of aromatic nitrogens is 2. The summed E-state index contributed by atoms with van der Waals surface area (Å²) in [7, 11) is 0. The Bertz CT molecular complexity index is 282. The lowest BCUT2D eigenvalue weighted by atomic mass is 10.2. The Morgan fingerprint density at radius 2 is 2.64 bits per heavy atom. The summed E-state index contributed by atoms with van der Waals surface area (Å²) in [5.74, 6) is 0.530. The lowest BCUT2D eigenvalue weighted by Gasteiger charge is -2.36. The molecule has 0 bridgehead atoms. The van der Waals surface area contributed by atoms with E-state index in [1.54, 1.807) is 6.33 Å². The second kappa shape index (κ2) is 4.42. The van der Waals surface area contributed by atoms with Gasteiger partial charge in [-0.2, -0.15) is 4.37 Å². The van der Waals surface area contributed by atoms with E-state index in [2.05, 4.69) is 21.2 Å². The normalized spacial score (nSPS) is 28.0. The molecule has 0 radical (unpaired) electrons. The van der Waals surface area contributed by atoms with Gasteiger partial charge in [0.1, 0.15) is 6.33 Å². The molecule has 1 fully saturated rings. The largest absolute Gasteiger partial charge is 0.373 e. The number of anilines is 1. The van der Waals surface area contributed by atoms with E-state index in [9.17, 15) is 0 Å². The van der Waals surface area contributed by atoms with Crippen LogP contribution in [0.2, 0.25) is 0 Å². The van der Waals surface area contributed by atoms with Crippen molar-refractivity contribution in [2.75, 3.05) is 23.9 Å². The van der Waals surface area contributed by atoms with Crippen molar-refractivity contribution in [3.05, 3.63) is 6.33 Å². The molecule has 0 amide bonds. The highest BCUT2D eigenvalue weighted by Crippen LogP contribution is 2.22. The van der Waals surface area contributed by atoms with Gasteiger partial charge in [-0.05, 0) is 6.92 Å². The lowest BCUT2D eigenvalue weighted by Crippen LogP contribution is -2.49. The van der Waals surface area contributed by atoms with Crippen LogP contribution in [-0.4, -0.2) is 40.5 Å². The zero-order valence-electron chi connectivity index (χ0n) is 7.89. The molecular weight excluding hydrogens is 222 g/mol. The van der Waals surface area contributed by atoms with Crippen LogP contribution in [0.4, 0.5) is 5.13 Å². The number of hydrogen-bond acceptors (Lipinski definition) is 5. The number of hydrogen-bond donors (Lipinski definition) is 0. The predicted molar refractivity (Wildman–Crippen MR) is 57.2 cm³/mol. The van der Waals surface area contributed by atoms with Gasteiger partial charge in [0.15, 0.2) is 0 Å². The Morgan fingerprint density at radius 3 is 3.29 bits per heavy atom. The first-order valence-electron chi connectivity index (χ1n) is 4.52. The maximum absolute atomic E-state index is 5.77. The van der Waals surface area contributed by atoms with Gasteiger partial charge in [0.05, 0.1) is 24.6 Å². The number of ether oxygens (including phenoxy) is 1. The average molecular weight is 234 g/mol. The predicted octanol–water partition coefficient (Wildman–Crippen LogP) is 1.37. The highest BCUT2D eigenvalue weighted by molar-refractivity contribution is 7.09. The van der Waals surface area contributed by atoms with Gasteiger partial charge in [0, 0.05) is 18.1 Å². The minimum absolute atomic E-state index is 0.108. The van der Waals surface area contributed by atoms with E-state index in [4.69, 9.17) is 16.3 Å². The summed E-state index contributed by atoms with van der Waals surface area (Å²) < 4.78 is 9.55. The number of alkyl halides is 1. The fraction of sp³-hybridized carbons (Fsp3) is 0.750. The molecule has 1 aromatic heterocycles. The summed E-state index contributed by atoms with van der Waals surface area (Å²) in [6, 6.07) is 0.349. The minimum atomic E-state index is 0.108. The fourth-order valence-corrected chi connectivity index (χ4v) is 2.30. The van der Waals surface area contributed by atoms with E-state index in [1.807, 2.05) is 0 Å². The monoisotopic (exact) mass is 233 g/mol. The van der Waals surface area contributed by atoms with Gasteiger partial charge in [-0.15, -0.1) is 11.6 Å². The van der Waals surface area contributed by atoms with Crippen molar-refractivity contribution in [2.45, 2.75) is 19.1 Å². The van der Waals surface area contributed by atoms with Crippen LogP contribution in [0.3, 0.4) is 0 Å². The second-order valence-electron chi connectivity index (χ2n) is 3.33. The van der Waals surface area contributed by atoms with Crippen LogP contribution in [0.1, 0.15) is 6.92 Å². The van der Waals surface area contributed by atoms with E-state index >= 15 is 0 Å². The van der Waals surface area contributed by atoms with E-state index in [1.165, 1.54) is 11.5 Å². The summed E-state index contributed by atoms with van der Waals surface area (Å²) in [5.41, 5.74) is 0. The third-order valence-corrected chi connectivity index (χ3v) is 3.32. The molecule has 2 atom stereocenters. The third-order valence-electron chi connectivity index (χ3n) is 2.27. The van der Waals surface area contributed by atoms with E-state index in [0.717, 1.165) is 11.7 Å². The van der Waals surface area contributed by atoms with Crippen LogP contribution in [0, 0.1) is 0 Å². The molecule has 2 rings (SSSR count). The SMILES string of the molecule is CC1COC(CCl)CN1c1ncns1. The van der Waals surface area contributed by atoms with Crippen LogP contribution >= 0.6 is 23.1 Å². The van der Waals surface area contributed by atoms with E-state index in [-0.39, 0.29) is 6.10 Å². The summed E-state index contributed by atoms with van der Waals surface area (Å²) in [6.07, 6.45) is 1.69. The highest BCUT2D eigenvalue weighted by Gasteiger charge is 2.27. The van der Waals surface area contributed by atoms with Crippen molar-refractivity contribution in [1.82, 2.24) is 9.36 Å². The zero-order chi connectivity index (χ0) is 9.97. The van der Waals surface area contributed by atoms with Crippen molar-refractivity contribution in [3.63, 3.8) is 0 Å². The van der Waals surface area contributed by atoms with Gasteiger partial charge in [-0.25, -0.2) is 4.98 Å². The summed E-state index contributed by atoms with van der Waals surface area (Å²) >= 11 is 7.18. The second-order valence-corrected chi connectivity index (χ2v) is 4.40. The molecule has 1 aromatic rings. The molecule has 4 nitrogen and oxygen atoms in total. The fourth-order valence-electron chi connectivity index (χ4n) is 1.47. The molecule has 78 valence electrons. The molecule has 6 heteroatoms. The summed E-state index contributed by atoms with van der Waals surface area (Å²) in [6.45, 7) is 3.63. The Morgan fingerprint density at radius 1 is 1.79 bits per heavy atom. The highest BCUT2D eigenvalue weighted by atomic mass is 35.5. The Labute approximate surface area is 92.0 Å². The van der Waals surface area contributed by atoms with Gasteiger partial charge in [0.2, 0.25) is 5.13 Å². The van der Waals surface area contributed by atoms with Crippen LogP contribution in [0.15, 0.2) is 6.33 Å². The Hall–Kier alpha value is -0.390. The first-order valence-corrected chi connectivity index (χ1v) is 5.83. The third kappa shape index (κ3) is 1.99. The Kier molecular flexibility index (Phi) is 3.20. The van der Waals surface area contributed by atoms with E-state index in [0.29, 0.717) is 18.5 Å². The van der Waals surface area contributed by atoms with Gasteiger partial charge in [0.25, 0.3) is 0 Å². The minimum Gasteiger partial charge on any atom is -0.373 e. The Balaban J connectivity index is 2.09. The molecule has 14 heavy (non-hydrogen) atoms. The number of rotatable bonds is 2. The van der Waals surface area contributed by atoms with Crippen LogP contribution < -0.4 is 4.90 Å². The topological polar surface area (TPSA) is 38.2 Å². The smallest absolute Gasteiger partial charge is 0.205 e. The van der Waals surface area contributed by atoms with Crippen molar-refractivity contribution < 1.29 is 4.74 Å². The van der Waals surface area contributed by atoms with Crippen LogP contribution in [-0.2, 0) is 4.74 Å². The average Bonchev–Trinajstić information content (AvgIpc) is 2.71. The molecule has 2 unspecified atom stereocenters. The van der Waals surface area contributed by atoms with Crippen molar-refractivity contribution >= 4 is 28.3 Å². The van der Waals surface area contributed by atoms with Crippen LogP contribution in [0.25, 0.3) is 0 Å². The first kappa shape index (κ1) is 10.1. The summed E-state index contributed by atoms with van der Waals surface area (Å²) in [4.78, 5) is 6.40. The quantitative estimate of drug-likeness (QED) is 0.724.